The molecule has 2 heterocycles. The van der Waals surface area contributed by atoms with Crippen LogP contribution in [-0.4, -0.2) is 49.7 Å². The van der Waals surface area contributed by atoms with Gasteiger partial charge in [-0.2, -0.15) is 4.31 Å². The van der Waals surface area contributed by atoms with E-state index in [1.807, 2.05) is 13.0 Å². The van der Waals surface area contributed by atoms with E-state index < -0.39 is 10.0 Å². The van der Waals surface area contributed by atoms with E-state index >= 15 is 0 Å². The molecule has 0 aliphatic carbocycles. The van der Waals surface area contributed by atoms with E-state index in [-0.39, 0.29) is 23.9 Å². The molecule has 1 aromatic carbocycles. The minimum Gasteiger partial charge on any atom is -0.462 e. The maximum atomic E-state index is 12.7. The summed E-state index contributed by atoms with van der Waals surface area (Å²) in [5, 5.41) is 0.373. The highest BCUT2D eigenvalue weighted by Gasteiger charge is 2.29. The summed E-state index contributed by atoms with van der Waals surface area (Å²) in [6, 6.07) is 9.80. The first-order chi connectivity index (χ1) is 12.4. The molecular formula is C18H19ClN2O4S. The van der Waals surface area contributed by atoms with Crippen LogP contribution in [0.3, 0.4) is 0 Å². The molecule has 1 saturated heterocycles. The van der Waals surface area contributed by atoms with Gasteiger partial charge in [0.15, 0.2) is 0 Å². The molecule has 0 spiro atoms. The molecule has 0 N–H and O–H groups in total. The predicted molar refractivity (Wildman–Crippen MR) is 99.3 cm³/mol. The van der Waals surface area contributed by atoms with Crippen LogP contribution in [0.5, 0.6) is 0 Å². The van der Waals surface area contributed by atoms with Gasteiger partial charge in [-0.1, -0.05) is 17.7 Å². The Balaban J connectivity index is 1.61. The van der Waals surface area contributed by atoms with Crippen LogP contribution in [0.2, 0.25) is 5.02 Å². The second kappa shape index (κ2) is 7.65. The van der Waals surface area contributed by atoms with E-state index in [0.717, 1.165) is 5.76 Å². The molecule has 0 unspecified atom stereocenters. The van der Waals surface area contributed by atoms with Crippen LogP contribution in [0.25, 0.3) is 6.08 Å². The number of furan rings is 1. The van der Waals surface area contributed by atoms with Crippen molar-refractivity contribution < 1.29 is 17.6 Å². The topological polar surface area (TPSA) is 70.8 Å². The number of aryl methyl sites for hydroxylation is 1. The molecule has 0 atom stereocenters. The molecule has 26 heavy (non-hydrogen) atoms. The van der Waals surface area contributed by atoms with Crippen LogP contribution in [-0.2, 0) is 14.8 Å². The van der Waals surface area contributed by atoms with Crippen molar-refractivity contribution in [2.45, 2.75) is 11.8 Å². The molecular weight excluding hydrogens is 376 g/mol. The minimum absolute atomic E-state index is 0.165. The Morgan fingerprint density at radius 2 is 1.88 bits per heavy atom. The zero-order valence-electron chi connectivity index (χ0n) is 14.3. The second-order valence-corrected chi connectivity index (χ2v) is 8.34. The smallest absolute Gasteiger partial charge is 0.246 e. The molecule has 1 aliphatic rings. The van der Waals surface area contributed by atoms with Gasteiger partial charge in [-0.25, -0.2) is 8.42 Å². The number of carbonyl (C=O) groups excluding carboxylic acids is 1. The van der Waals surface area contributed by atoms with Crippen LogP contribution in [0.1, 0.15) is 11.5 Å². The van der Waals surface area contributed by atoms with Gasteiger partial charge in [-0.3, -0.25) is 4.79 Å². The van der Waals surface area contributed by atoms with Crippen molar-refractivity contribution in [3.05, 3.63) is 59.0 Å². The Kier molecular flexibility index (Phi) is 5.50. The van der Waals surface area contributed by atoms with E-state index in [2.05, 4.69) is 0 Å². The summed E-state index contributed by atoms with van der Waals surface area (Å²) in [5.41, 5.74) is 0. The Morgan fingerprint density at radius 3 is 2.50 bits per heavy atom. The lowest BCUT2D eigenvalue weighted by molar-refractivity contribution is -0.127. The Morgan fingerprint density at radius 1 is 1.15 bits per heavy atom. The summed E-state index contributed by atoms with van der Waals surface area (Å²) < 4.78 is 32.1. The van der Waals surface area contributed by atoms with Gasteiger partial charge in [0.25, 0.3) is 0 Å². The maximum absolute atomic E-state index is 12.7. The normalized spacial score (nSPS) is 16.3. The third-order valence-corrected chi connectivity index (χ3v) is 6.27. The number of sulfonamides is 1. The Labute approximate surface area is 157 Å². The zero-order valence-corrected chi connectivity index (χ0v) is 15.8. The number of benzene rings is 1. The summed E-state index contributed by atoms with van der Waals surface area (Å²) in [6.07, 6.45) is 3.06. The maximum Gasteiger partial charge on any atom is 0.246 e. The molecule has 1 aliphatic heterocycles. The quantitative estimate of drug-likeness (QED) is 0.747. The molecule has 138 valence electrons. The van der Waals surface area contributed by atoms with Crippen molar-refractivity contribution in [1.29, 1.82) is 0 Å². The lowest BCUT2D eigenvalue weighted by Crippen LogP contribution is -2.50. The number of carbonyl (C=O) groups is 1. The minimum atomic E-state index is -3.61. The highest BCUT2D eigenvalue weighted by molar-refractivity contribution is 7.89. The fraction of sp³-hybridized carbons (Fsp3) is 0.278. The van der Waals surface area contributed by atoms with Crippen molar-refractivity contribution in [2.75, 3.05) is 26.2 Å². The molecule has 0 saturated carbocycles. The van der Waals surface area contributed by atoms with E-state index in [1.54, 1.807) is 29.2 Å². The highest BCUT2D eigenvalue weighted by Crippen LogP contribution is 2.21. The molecule has 0 radical (unpaired) electrons. The van der Waals surface area contributed by atoms with E-state index in [0.29, 0.717) is 23.9 Å². The van der Waals surface area contributed by atoms with Gasteiger partial charge < -0.3 is 9.32 Å². The summed E-state index contributed by atoms with van der Waals surface area (Å²) in [7, 11) is -3.61. The molecule has 8 heteroatoms. The lowest BCUT2D eigenvalue weighted by Gasteiger charge is -2.33. The fourth-order valence-corrected chi connectivity index (χ4v) is 4.45. The first-order valence-corrected chi connectivity index (χ1v) is 9.97. The predicted octanol–water partition coefficient (Wildman–Crippen LogP) is 2.79. The van der Waals surface area contributed by atoms with Gasteiger partial charge >= 0.3 is 0 Å². The van der Waals surface area contributed by atoms with Crippen LogP contribution in [0.4, 0.5) is 0 Å². The number of halogens is 1. The monoisotopic (exact) mass is 394 g/mol. The third kappa shape index (κ3) is 4.17. The summed E-state index contributed by atoms with van der Waals surface area (Å²) in [6.45, 7) is 2.99. The van der Waals surface area contributed by atoms with E-state index in [4.69, 9.17) is 16.0 Å². The molecule has 6 nitrogen and oxygen atoms in total. The first-order valence-electron chi connectivity index (χ1n) is 8.15. The SMILES string of the molecule is Cc1ccc(/C=C/C(=O)N2CCN(S(=O)(=O)c3cccc(Cl)c3)CC2)o1. The first kappa shape index (κ1) is 18.7. The Hall–Kier alpha value is -2.09. The van der Waals surface area contributed by atoms with E-state index in [9.17, 15) is 13.2 Å². The van der Waals surface area contributed by atoms with Crippen molar-refractivity contribution in [1.82, 2.24) is 9.21 Å². The number of piperazine rings is 1. The molecule has 3 rings (SSSR count). The molecule has 1 fully saturated rings. The van der Waals surface area contributed by atoms with Crippen LogP contribution in [0.15, 0.2) is 51.8 Å². The summed E-state index contributed by atoms with van der Waals surface area (Å²) >= 11 is 5.89. The summed E-state index contributed by atoms with van der Waals surface area (Å²) in [4.78, 5) is 14.0. The molecule has 0 bridgehead atoms. The molecule has 1 aromatic heterocycles. The number of nitrogens with zero attached hydrogens (tertiary/aromatic N) is 2. The Bertz CT molecular complexity index is 928. The highest BCUT2D eigenvalue weighted by atomic mass is 35.5. The number of hydrogen-bond donors (Lipinski definition) is 0. The second-order valence-electron chi connectivity index (χ2n) is 5.97. The molecule has 1 amide bonds. The number of hydrogen-bond acceptors (Lipinski definition) is 4. The van der Waals surface area contributed by atoms with Crippen molar-refractivity contribution in [3.8, 4) is 0 Å². The van der Waals surface area contributed by atoms with Gasteiger partial charge in [0.1, 0.15) is 11.5 Å². The van der Waals surface area contributed by atoms with Crippen molar-refractivity contribution in [3.63, 3.8) is 0 Å². The number of amides is 1. The molecule has 2 aromatic rings. The van der Waals surface area contributed by atoms with Crippen LogP contribution in [0, 0.1) is 6.92 Å². The largest absolute Gasteiger partial charge is 0.462 e. The van der Waals surface area contributed by atoms with Gasteiger partial charge in [0.05, 0.1) is 4.90 Å². The van der Waals surface area contributed by atoms with Crippen LogP contribution >= 0.6 is 11.6 Å². The van der Waals surface area contributed by atoms with Gasteiger partial charge in [-0.15, -0.1) is 0 Å². The summed E-state index contributed by atoms with van der Waals surface area (Å²) in [5.74, 6) is 1.22. The van der Waals surface area contributed by atoms with Crippen molar-refractivity contribution >= 4 is 33.6 Å². The average Bonchev–Trinajstić information content (AvgIpc) is 3.05. The van der Waals surface area contributed by atoms with Crippen molar-refractivity contribution in [2.24, 2.45) is 0 Å². The lowest BCUT2D eigenvalue weighted by atomic mass is 10.3. The fourth-order valence-electron chi connectivity index (χ4n) is 2.73. The average molecular weight is 395 g/mol. The third-order valence-electron chi connectivity index (χ3n) is 4.14. The van der Waals surface area contributed by atoms with Gasteiger partial charge in [-0.05, 0) is 43.3 Å². The van der Waals surface area contributed by atoms with E-state index in [1.165, 1.54) is 22.5 Å². The zero-order chi connectivity index (χ0) is 18.7. The van der Waals surface area contributed by atoms with Gasteiger partial charge in [0.2, 0.25) is 15.9 Å². The van der Waals surface area contributed by atoms with Gasteiger partial charge in [0, 0.05) is 37.3 Å². The number of rotatable bonds is 4. The van der Waals surface area contributed by atoms with Crippen LogP contribution < -0.4 is 0 Å². The standard InChI is InChI=1S/C18H19ClN2O4S/c1-14-5-6-16(25-14)7-8-18(22)20-9-11-21(12-10-20)26(23,24)17-4-2-3-15(19)13-17/h2-8,13H,9-12H2,1H3/b8-7+.